The van der Waals surface area contributed by atoms with Crippen LogP contribution in [0, 0.1) is 11.3 Å². The van der Waals surface area contributed by atoms with Gasteiger partial charge in [0.2, 0.25) is 0 Å². The molecule has 3 aromatic heterocycles. The van der Waals surface area contributed by atoms with Crippen LogP contribution >= 0.6 is 0 Å². The fourth-order valence-electron chi connectivity index (χ4n) is 2.99. The molecular weight excluding hydrogens is 382 g/mol. The minimum Gasteiger partial charge on any atom is -0.467 e. The number of hydrogen-bond donors (Lipinski definition) is 2. The van der Waals surface area contributed by atoms with Crippen molar-refractivity contribution < 1.29 is 9.21 Å². The van der Waals surface area contributed by atoms with Gasteiger partial charge in [0.25, 0.3) is 11.5 Å². The number of amides is 1. The van der Waals surface area contributed by atoms with E-state index in [-0.39, 0.29) is 23.7 Å². The van der Waals surface area contributed by atoms with E-state index in [4.69, 9.17) is 4.42 Å². The van der Waals surface area contributed by atoms with Crippen molar-refractivity contribution >= 4 is 17.2 Å². The maximum Gasteiger partial charge on any atom is 0.281 e. The zero-order valence-corrected chi connectivity index (χ0v) is 15.8. The summed E-state index contributed by atoms with van der Waals surface area (Å²) in [7, 11) is 0. The van der Waals surface area contributed by atoms with E-state index in [1.807, 2.05) is 12.1 Å². The third-order valence-electron chi connectivity index (χ3n) is 4.57. The maximum atomic E-state index is 12.9. The van der Waals surface area contributed by atoms with Crippen molar-refractivity contribution in [2.75, 3.05) is 5.32 Å². The molecule has 0 saturated heterocycles. The number of hydrogen-bond acceptors (Lipinski definition) is 6. The second-order valence-corrected chi connectivity index (χ2v) is 6.51. The summed E-state index contributed by atoms with van der Waals surface area (Å²) in [4.78, 5) is 29.6. The predicted octanol–water partition coefficient (Wildman–Crippen LogP) is 2.70. The lowest BCUT2D eigenvalue weighted by molar-refractivity contribution is 0.0947. The number of aromatic nitrogens is 2. The number of nitrogens with one attached hydrogen (secondary N) is 2. The molecule has 0 saturated carbocycles. The highest BCUT2D eigenvalue weighted by molar-refractivity contribution is 5.94. The summed E-state index contributed by atoms with van der Waals surface area (Å²) in [5.74, 6) is 0.300. The van der Waals surface area contributed by atoms with Crippen LogP contribution in [0.15, 0.2) is 76.4 Å². The SMILES string of the molecule is N#Cc1ccccc1CNc1cnc2ccc(C(=O)NCc3ccco3)cn2c1=O. The number of nitriles is 1. The molecule has 0 aliphatic heterocycles. The molecular formula is C22H17N5O3. The third-order valence-corrected chi connectivity index (χ3v) is 4.57. The van der Waals surface area contributed by atoms with E-state index < -0.39 is 0 Å². The summed E-state index contributed by atoms with van der Waals surface area (Å²) in [6.45, 7) is 0.549. The van der Waals surface area contributed by atoms with Gasteiger partial charge in [-0.25, -0.2) is 4.98 Å². The standard InChI is InChI=1S/C22H17N5O3/c23-10-15-4-1-2-5-16(15)11-24-19-13-25-20-8-7-17(14-27(20)22(19)29)21(28)26-12-18-6-3-9-30-18/h1-9,13-14,24H,11-12H2,(H,26,28). The summed E-state index contributed by atoms with van der Waals surface area (Å²) in [6, 6.07) is 16.0. The molecule has 0 spiro atoms. The second kappa shape index (κ2) is 8.32. The van der Waals surface area contributed by atoms with Crippen LogP contribution < -0.4 is 16.2 Å². The van der Waals surface area contributed by atoms with Crippen LogP contribution in [0.4, 0.5) is 5.69 Å². The van der Waals surface area contributed by atoms with Gasteiger partial charge in [-0.1, -0.05) is 18.2 Å². The van der Waals surface area contributed by atoms with Crippen LogP contribution in [0.3, 0.4) is 0 Å². The largest absolute Gasteiger partial charge is 0.467 e. The Labute approximate surface area is 171 Å². The maximum absolute atomic E-state index is 12.9. The molecule has 1 aromatic carbocycles. The van der Waals surface area contributed by atoms with Crippen LogP contribution in [-0.2, 0) is 13.1 Å². The Bertz CT molecular complexity index is 1300. The molecule has 0 unspecified atom stereocenters. The average Bonchev–Trinajstić information content (AvgIpc) is 3.31. The Hall–Kier alpha value is -4.38. The molecule has 4 aromatic rings. The first-order chi connectivity index (χ1) is 14.7. The van der Waals surface area contributed by atoms with Gasteiger partial charge in [0.15, 0.2) is 0 Å². The molecule has 30 heavy (non-hydrogen) atoms. The lowest BCUT2D eigenvalue weighted by atomic mass is 10.1. The van der Waals surface area contributed by atoms with Crippen molar-refractivity contribution in [2.45, 2.75) is 13.1 Å². The molecule has 8 nitrogen and oxygen atoms in total. The van der Waals surface area contributed by atoms with Gasteiger partial charge in [0, 0.05) is 12.7 Å². The van der Waals surface area contributed by atoms with Gasteiger partial charge < -0.3 is 15.1 Å². The van der Waals surface area contributed by atoms with E-state index in [1.165, 1.54) is 23.1 Å². The third kappa shape index (κ3) is 3.91. The molecule has 3 heterocycles. The monoisotopic (exact) mass is 399 g/mol. The normalized spacial score (nSPS) is 10.5. The van der Waals surface area contributed by atoms with Crippen molar-refractivity contribution in [2.24, 2.45) is 0 Å². The van der Waals surface area contributed by atoms with Crippen LogP contribution in [0.5, 0.6) is 0 Å². The van der Waals surface area contributed by atoms with Crippen molar-refractivity contribution in [3.63, 3.8) is 0 Å². The number of benzene rings is 1. The summed E-state index contributed by atoms with van der Waals surface area (Å²) >= 11 is 0. The van der Waals surface area contributed by atoms with E-state index >= 15 is 0 Å². The first-order valence-electron chi connectivity index (χ1n) is 9.19. The molecule has 0 aliphatic carbocycles. The molecule has 0 radical (unpaired) electrons. The first-order valence-corrected chi connectivity index (χ1v) is 9.19. The van der Waals surface area contributed by atoms with Crippen LogP contribution in [0.1, 0.15) is 27.2 Å². The predicted molar refractivity (Wildman–Crippen MR) is 110 cm³/mol. The second-order valence-electron chi connectivity index (χ2n) is 6.51. The average molecular weight is 399 g/mol. The first kappa shape index (κ1) is 19.0. The van der Waals surface area contributed by atoms with Gasteiger partial charge in [0.05, 0.1) is 36.2 Å². The summed E-state index contributed by atoms with van der Waals surface area (Å²) < 4.78 is 6.52. The van der Waals surface area contributed by atoms with Gasteiger partial charge in [0.1, 0.15) is 17.1 Å². The Balaban J connectivity index is 1.56. The molecule has 0 bridgehead atoms. The zero-order chi connectivity index (χ0) is 20.9. The number of furan rings is 1. The van der Waals surface area contributed by atoms with Gasteiger partial charge in [-0.05, 0) is 35.9 Å². The van der Waals surface area contributed by atoms with Gasteiger partial charge >= 0.3 is 0 Å². The number of anilines is 1. The molecule has 2 N–H and O–H groups in total. The molecule has 0 fully saturated rings. The van der Waals surface area contributed by atoms with E-state index in [9.17, 15) is 14.9 Å². The van der Waals surface area contributed by atoms with Crippen molar-refractivity contribution in [1.82, 2.24) is 14.7 Å². The highest BCUT2D eigenvalue weighted by Gasteiger charge is 2.11. The van der Waals surface area contributed by atoms with E-state index in [0.717, 1.165) is 5.56 Å². The highest BCUT2D eigenvalue weighted by Crippen LogP contribution is 2.11. The van der Waals surface area contributed by atoms with E-state index in [0.29, 0.717) is 29.1 Å². The molecule has 0 aliphatic rings. The fraction of sp³-hybridized carbons (Fsp3) is 0.0909. The number of rotatable bonds is 6. The van der Waals surface area contributed by atoms with Gasteiger partial charge in [-0.2, -0.15) is 5.26 Å². The number of carbonyl (C=O) groups excluding carboxylic acids is 1. The molecule has 8 heteroatoms. The van der Waals surface area contributed by atoms with Crippen LogP contribution in [0.25, 0.3) is 5.65 Å². The number of pyridine rings is 1. The minimum absolute atomic E-state index is 0.247. The zero-order valence-electron chi connectivity index (χ0n) is 15.8. The Morgan fingerprint density at radius 1 is 1.13 bits per heavy atom. The molecule has 0 atom stereocenters. The van der Waals surface area contributed by atoms with E-state index in [1.54, 1.807) is 36.4 Å². The van der Waals surface area contributed by atoms with Crippen LogP contribution in [-0.4, -0.2) is 15.3 Å². The van der Waals surface area contributed by atoms with Crippen molar-refractivity contribution in [1.29, 1.82) is 5.26 Å². The van der Waals surface area contributed by atoms with Gasteiger partial charge in [-0.3, -0.25) is 14.0 Å². The van der Waals surface area contributed by atoms with Crippen molar-refractivity contribution in [3.8, 4) is 6.07 Å². The Morgan fingerprint density at radius 3 is 2.80 bits per heavy atom. The Kier molecular flexibility index (Phi) is 5.26. The lowest BCUT2D eigenvalue weighted by Crippen LogP contribution is -2.25. The Morgan fingerprint density at radius 2 is 2.00 bits per heavy atom. The van der Waals surface area contributed by atoms with Crippen LogP contribution in [0.2, 0.25) is 0 Å². The number of nitrogens with zero attached hydrogens (tertiary/aromatic N) is 3. The van der Waals surface area contributed by atoms with Gasteiger partial charge in [-0.15, -0.1) is 0 Å². The molecule has 1 amide bonds. The summed E-state index contributed by atoms with van der Waals surface area (Å²) in [5.41, 5.74) is 1.99. The number of fused-ring (bicyclic) bond motifs is 1. The summed E-state index contributed by atoms with van der Waals surface area (Å²) in [5, 5.41) is 15.0. The van der Waals surface area contributed by atoms with Crippen molar-refractivity contribution in [3.05, 3.63) is 100.0 Å². The topological polar surface area (TPSA) is 112 Å². The fourth-order valence-corrected chi connectivity index (χ4v) is 2.99. The minimum atomic E-state index is -0.338. The molecule has 148 valence electrons. The smallest absolute Gasteiger partial charge is 0.281 e. The molecule has 4 rings (SSSR count). The number of carbonyl (C=O) groups is 1. The lowest BCUT2D eigenvalue weighted by Gasteiger charge is -2.10. The highest BCUT2D eigenvalue weighted by atomic mass is 16.3. The quantitative estimate of drug-likeness (QED) is 0.515. The van der Waals surface area contributed by atoms with E-state index in [2.05, 4.69) is 21.7 Å². The summed E-state index contributed by atoms with van der Waals surface area (Å²) in [6.07, 6.45) is 4.44.